The summed E-state index contributed by atoms with van der Waals surface area (Å²) in [5.41, 5.74) is 0.901. The average molecular weight is 214 g/mol. The summed E-state index contributed by atoms with van der Waals surface area (Å²) in [5.74, 6) is 0. The molecule has 0 unspecified atom stereocenters. The van der Waals surface area contributed by atoms with Crippen molar-refractivity contribution in [3.05, 3.63) is 34.1 Å². The highest BCUT2D eigenvalue weighted by Gasteiger charge is 2.09. The topological polar surface area (TPSA) is 0 Å². The van der Waals surface area contributed by atoms with Crippen molar-refractivity contribution >= 4 is 28.7 Å². The van der Waals surface area contributed by atoms with Gasteiger partial charge < -0.3 is 0 Å². The predicted molar refractivity (Wildman–Crippen MR) is 59.7 cm³/mol. The van der Waals surface area contributed by atoms with Gasteiger partial charge in [-0.25, -0.2) is 0 Å². The van der Waals surface area contributed by atoms with Crippen molar-refractivity contribution in [2.24, 2.45) is 0 Å². The molecule has 0 spiro atoms. The smallest absolute Gasteiger partial charge is 0.178 e. The van der Waals surface area contributed by atoms with Crippen LogP contribution in [0, 0.1) is 5.13 Å². The van der Waals surface area contributed by atoms with Crippen molar-refractivity contribution in [2.45, 2.75) is 18.7 Å². The van der Waals surface area contributed by atoms with Gasteiger partial charge in [-0.15, -0.1) is 11.3 Å². The van der Waals surface area contributed by atoms with Crippen LogP contribution in [0.2, 0.25) is 0 Å². The number of hydrogen-bond donors (Lipinski definition) is 0. The largest absolute Gasteiger partial charge is 0.195 e. The van der Waals surface area contributed by atoms with Gasteiger partial charge in [-0.2, -0.15) is 4.39 Å². The third kappa shape index (κ3) is 2.71. The fourth-order valence-electron chi connectivity index (χ4n) is 0.907. The molecule has 0 fully saturated rings. The van der Waals surface area contributed by atoms with Gasteiger partial charge >= 0.3 is 0 Å². The molecule has 0 aliphatic rings. The number of hydrogen-bond acceptors (Lipinski definition) is 2. The van der Waals surface area contributed by atoms with Crippen LogP contribution >= 0.6 is 23.1 Å². The summed E-state index contributed by atoms with van der Waals surface area (Å²) in [7, 11) is 0. The molecule has 0 amide bonds. The van der Waals surface area contributed by atoms with Crippen LogP contribution in [0.15, 0.2) is 29.0 Å². The van der Waals surface area contributed by atoms with Crippen molar-refractivity contribution in [3.63, 3.8) is 0 Å². The van der Waals surface area contributed by atoms with Crippen LogP contribution in [-0.4, -0.2) is 0 Å². The normalized spacial score (nSPS) is 10.1. The van der Waals surface area contributed by atoms with E-state index < -0.39 is 0 Å². The van der Waals surface area contributed by atoms with Gasteiger partial charge in [0.15, 0.2) is 5.13 Å². The molecule has 1 aromatic heterocycles. The average Bonchev–Trinajstić information content (AvgIpc) is 2.29. The Hall–Kier alpha value is -0.540. The summed E-state index contributed by atoms with van der Waals surface area (Å²) in [6.07, 6.45) is 0. The second kappa shape index (κ2) is 4.11. The summed E-state index contributed by atoms with van der Waals surface area (Å²) in [4.78, 5) is 2.80. The Morgan fingerprint density at radius 2 is 2.08 bits per heavy atom. The van der Waals surface area contributed by atoms with Crippen LogP contribution < -0.4 is 0 Å². The van der Waals surface area contributed by atoms with E-state index in [0.29, 0.717) is 0 Å². The van der Waals surface area contributed by atoms with Gasteiger partial charge in [-0.05, 0) is 30.4 Å². The second-order valence-electron chi connectivity index (χ2n) is 2.83. The highest BCUT2D eigenvalue weighted by molar-refractivity contribution is 8.03. The lowest BCUT2D eigenvalue weighted by Crippen LogP contribution is -1.73. The molecule has 0 aromatic carbocycles. The van der Waals surface area contributed by atoms with E-state index >= 15 is 0 Å². The Bertz CT molecular complexity index is 350. The predicted octanol–water partition coefficient (Wildman–Crippen LogP) is 4.55. The van der Waals surface area contributed by atoms with Crippen LogP contribution in [0.4, 0.5) is 4.39 Å². The van der Waals surface area contributed by atoms with E-state index in [1.807, 2.05) is 13.8 Å². The first-order valence-corrected chi connectivity index (χ1v) is 5.42. The number of thioether (sulfide) groups is 1. The summed E-state index contributed by atoms with van der Waals surface area (Å²) in [5, 5.41) is -0.165. The standard InChI is InChI=1S/C10H11FS2/c1-6(2)10-8(12-7(3)4)5-9(11)13-10/h5H,1,3H2,2,4H3. The molecular formula is C10H11FS2. The van der Waals surface area contributed by atoms with E-state index in [1.165, 1.54) is 17.8 Å². The maximum Gasteiger partial charge on any atom is 0.178 e. The molecule has 70 valence electrons. The summed E-state index contributed by atoms with van der Waals surface area (Å²) >= 11 is 2.63. The van der Waals surface area contributed by atoms with Gasteiger partial charge in [0.25, 0.3) is 0 Å². The van der Waals surface area contributed by atoms with Crippen molar-refractivity contribution in [1.82, 2.24) is 0 Å². The zero-order valence-electron chi connectivity index (χ0n) is 7.69. The fraction of sp³-hybridized carbons (Fsp3) is 0.200. The highest BCUT2D eigenvalue weighted by Crippen LogP contribution is 2.37. The molecule has 0 radical (unpaired) electrons. The molecule has 1 rings (SSSR count). The number of allylic oxidation sites excluding steroid dienone is 2. The maximum atomic E-state index is 12.9. The van der Waals surface area contributed by atoms with E-state index in [4.69, 9.17) is 0 Å². The second-order valence-corrected chi connectivity index (χ2v) is 5.17. The van der Waals surface area contributed by atoms with Crippen LogP contribution in [0.3, 0.4) is 0 Å². The Morgan fingerprint density at radius 1 is 1.46 bits per heavy atom. The van der Waals surface area contributed by atoms with Gasteiger partial charge in [0.1, 0.15) is 0 Å². The van der Waals surface area contributed by atoms with Crippen molar-refractivity contribution in [2.75, 3.05) is 0 Å². The van der Waals surface area contributed by atoms with Gasteiger partial charge in [-0.3, -0.25) is 0 Å². The first-order valence-electron chi connectivity index (χ1n) is 3.79. The van der Waals surface area contributed by atoms with Crippen molar-refractivity contribution in [3.8, 4) is 0 Å². The Balaban J connectivity index is 3.04. The van der Waals surface area contributed by atoms with E-state index in [-0.39, 0.29) is 5.13 Å². The lowest BCUT2D eigenvalue weighted by atomic mass is 10.3. The minimum atomic E-state index is -0.165. The molecule has 1 heterocycles. The first-order chi connectivity index (χ1) is 6.00. The SMILES string of the molecule is C=C(C)Sc1cc(F)sc1C(=C)C. The molecule has 0 bridgehead atoms. The van der Waals surface area contributed by atoms with Gasteiger partial charge in [0, 0.05) is 9.77 Å². The Morgan fingerprint density at radius 3 is 2.54 bits per heavy atom. The van der Waals surface area contributed by atoms with E-state index in [0.717, 1.165) is 31.6 Å². The molecule has 3 heteroatoms. The van der Waals surface area contributed by atoms with Crippen molar-refractivity contribution in [1.29, 1.82) is 0 Å². The Kier molecular flexibility index (Phi) is 3.33. The lowest BCUT2D eigenvalue weighted by Gasteiger charge is -2.00. The van der Waals surface area contributed by atoms with Crippen LogP contribution in [0.5, 0.6) is 0 Å². The first kappa shape index (κ1) is 10.5. The van der Waals surface area contributed by atoms with E-state index in [9.17, 15) is 4.39 Å². The molecule has 13 heavy (non-hydrogen) atoms. The van der Waals surface area contributed by atoms with E-state index in [1.54, 1.807) is 0 Å². The minimum absolute atomic E-state index is 0.165. The number of halogens is 1. The van der Waals surface area contributed by atoms with Gasteiger partial charge in [0.05, 0.1) is 0 Å². The van der Waals surface area contributed by atoms with Crippen LogP contribution in [0.1, 0.15) is 18.7 Å². The molecular weight excluding hydrogens is 203 g/mol. The monoisotopic (exact) mass is 214 g/mol. The van der Waals surface area contributed by atoms with Crippen LogP contribution in [0.25, 0.3) is 5.57 Å². The van der Waals surface area contributed by atoms with E-state index in [2.05, 4.69) is 13.2 Å². The summed E-state index contributed by atoms with van der Waals surface area (Å²) in [6, 6.07) is 1.54. The zero-order chi connectivity index (χ0) is 10.0. The molecule has 0 atom stereocenters. The number of thiophene rings is 1. The maximum absolute atomic E-state index is 12.9. The highest BCUT2D eigenvalue weighted by atomic mass is 32.2. The molecule has 1 aromatic rings. The summed E-state index contributed by atoms with van der Waals surface area (Å²) in [6.45, 7) is 11.4. The third-order valence-electron chi connectivity index (χ3n) is 1.34. The van der Waals surface area contributed by atoms with Gasteiger partial charge in [0.2, 0.25) is 0 Å². The molecule has 0 N–H and O–H groups in total. The van der Waals surface area contributed by atoms with Crippen LogP contribution in [-0.2, 0) is 0 Å². The molecule has 0 nitrogen and oxygen atoms in total. The third-order valence-corrected chi connectivity index (χ3v) is 3.44. The fourth-order valence-corrected chi connectivity index (χ4v) is 2.74. The zero-order valence-corrected chi connectivity index (χ0v) is 9.32. The van der Waals surface area contributed by atoms with Gasteiger partial charge in [-0.1, -0.05) is 24.9 Å². The molecule has 0 saturated heterocycles. The summed E-state index contributed by atoms with van der Waals surface area (Å²) < 4.78 is 12.9. The quantitative estimate of drug-likeness (QED) is 0.665. The number of rotatable bonds is 3. The Labute approximate surface area is 86.2 Å². The molecule has 0 saturated carbocycles. The molecule has 0 aliphatic carbocycles. The lowest BCUT2D eigenvalue weighted by molar-refractivity contribution is 0.655. The molecule has 0 aliphatic heterocycles. The minimum Gasteiger partial charge on any atom is -0.195 e. The van der Waals surface area contributed by atoms with Crippen molar-refractivity contribution < 1.29 is 4.39 Å².